The van der Waals surface area contributed by atoms with Crippen LogP contribution in [0.25, 0.3) is 5.65 Å². The van der Waals surface area contributed by atoms with Gasteiger partial charge >= 0.3 is 5.97 Å². The van der Waals surface area contributed by atoms with Crippen LogP contribution in [0.3, 0.4) is 0 Å². The molecule has 0 saturated heterocycles. The van der Waals surface area contributed by atoms with Crippen molar-refractivity contribution in [1.82, 2.24) is 14.6 Å². The number of carbonyl (C=O) groups is 2. The average molecular weight is 377 g/mol. The summed E-state index contributed by atoms with van der Waals surface area (Å²) in [4.78, 5) is 29.2. The smallest absolute Gasteiger partial charge is 0.343 e. The molecule has 6 heteroatoms. The van der Waals surface area contributed by atoms with Crippen molar-refractivity contribution in [2.24, 2.45) is 0 Å². The van der Waals surface area contributed by atoms with E-state index in [2.05, 4.69) is 48.2 Å². The molecule has 2 aromatic heterocycles. The van der Waals surface area contributed by atoms with Gasteiger partial charge < -0.3 is 4.74 Å². The van der Waals surface area contributed by atoms with Crippen LogP contribution in [0, 0.1) is 0 Å². The Morgan fingerprint density at radius 1 is 1.21 bits per heavy atom. The fraction of sp³-hybridized carbons (Fsp3) is 0.364. The van der Waals surface area contributed by atoms with E-state index in [-0.39, 0.29) is 18.3 Å². The van der Waals surface area contributed by atoms with Gasteiger partial charge in [-0.3, -0.25) is 4.79 Å². The molecule has 4 rings (SSSR count). The Balaban J connectivity index is 1.72. The Kier molecular flexibility index (Phi) is 4.71. The molecule has 1 aliphatic carbocycles. The maximum Gasteiger partial charge on any atom is 0.343 e. The molecule has 0 N–H and O–H groups in total. The molecule has 0 aliphatic heterocycles. The first-order valence-electron chi connectivity index (χ1n) is 9.65. The highest BCUT2D eigenvalue weighted by Gasteiger charge is 2.30. The van der Waals surface area contributed by atoms with Crippen LogP contribution in [0.1, 0.15) is 76.6 Å². The summed E-state index contributed by atoms with van der Waals surface area (Å²) in [6, 6.07) is 8.50. The maximum absolute atomic E-state index is 12.8. The third-order valence-electron chi connectivity index (χ3n) is 5.37. The lowest BCUT2D eigenvalue weighted by Gasteiger charge is -2.24. The Morgan fingerprint density at radius 3 is 2.64 bits per heavy atom. The highest BCUT2D eigenvalue weighted by atomic mass is 16.5. The molecule has 1 atom stereocenters. The lowest BCUT2D eigenvalue weighted by Crippen LogP contribution is -2.22. The van der Waals surface area contributed by atoms with Crippen LogP contribution < -0.4 is 0 Å². The van der Waals surface area contributed by atoms with E-state index in [1.807, 2.05) is 0 Å². The van der Waals surface area contributed by atoms with Crippen LogP contribution in [0.5, 0.6) is 0 Å². The summed E-state index contributed by atoms with van der Waals surface area (Å²) in [5, 5.41) is 4.34. The molecule has 0 spiro atoms. The van der Waals surface area contributed by atoms with Crippen LogP contribution in [0.15, 0.2) is 36.7 Å². The molecule has 6 nitrogen and oxygen atoms in total. The van der Waals surface area contributed by atoms with E-state index < -0.39 is 5.97 Å². The zero-order valence-electron chi connectivity index (χ0n) is 16.3. The van der Waals surface area contributed by atoms with E-state index in [0.29, 0.717) is 35.5 Å². The van der Waals surface area contributed by atoms with Crippen molar-refractivity contribution in [3.05, 3.63) is 64.6 Å². The minimum absolute atomic E-state index is 0.0572. The Labute approximate surface area is 163 Å². The number of hydrogen-bond donors (Lipinski definition) is 0. The lowest BCUT2D eigenvalue weighted by molar-refractivity contribution is 0.0528. The number of esters is 1. The van der Waals surface area contributed by atoms with Crippen LogP contribution >= 0.6 is 0 Å². The maximum atomic E-state index is 12.8. The Bertz CT molecular complexity index is 1050. The largest absolute Gasteiger partial charge is 0.462 e. The summed E-state index contributed by atoms with van der Waals surface area (Å²) < 4.78 is 6.70. The molecule has 144 valence electrons. The predicted molar refractivity (Wildman–Crippen MR) is 105 cm³/mol. The topological polar surface area (TPSA) is 73.6 Å². The second-order valence-electron chi connectivity index (χ2n) is 7.48. The number of ketones is 1. The standard InChI is InChI=1S/C22H23N3O3/c1-4-28-22(27)18-12-24-25-19-9-16(10-20(26)17(19)11-23-21(18)25)15-7-5-14(6-8-15)13(2)3/h5-8,11-13,16H,4,9-10H2,1-3H3. The van der Waals surface area contributed by atoms with Gasteiger partial charge in [0, 0.05) is 12.6 Å². The molecule has 0 bridgehead atoms. The monoisotopic (exact) mass is 377 g/mol. The van der Waals surface area contributed by atoms with E-state index in [0.717, 1.165) is 11.3 Å². The number of ether oxygens (including phenoxy) is 1. The molecule has 0 amide bonds. The predicted octanol–water partition coefficient (Wildman–Crippen LogP) is 3.94. The van der Waals surface area contributed by atoms with E-state index >= 15 is 0 Å². The number of nitrogens with zero attached hydrogens (tertiary/aromatic N) is 3. The Hall–Kier alpha value is -3.02. The van der Waals surface area contributed by atoms with Crippen molar-refractivity contribution < 1.29 is 14.3 Å². The summed E-state index contributed by atoms with van der Waals surface area (Å²) in [5.41, 5.74) is 4.56. The highest BCUT2D eigenvalue weighted by Crippen LogP contribution is 2.33. The van der Waals surface area contributed by atoms with Gasteiger partial charge in [0.1, 0.15) is 5.56 Å². The van der Waals surface area contributed by atoms with Crippen LogP contribution in [0.2, 0.25) is 0 Å². The number of aromatic nitrogens is 3. The van der Waals surface area contributed by atoms with Crippen LogP contribution in [-0.2, 0) is 11.2 Å². The van der Waals surface area contributed by atoms with Crippen LogP contribution in [-0.4, -0.2) is 33.0 Å². The minimum Gasteiger partial charge on any atom is -0.462 e. The van der Waals surface area contributed by atoms with Gasteiger partial charge in [-0.25, -0.2) is 14.3 Å². The van der Waals surface area contributed by atoms with Gasteiger partial charge in [0.05, 0.1) is 24.1 Å². The molecule has 0 radical (unpaired) electrons. The normalized spacial score (nSPS) is 16.4. The molecular formula is C22H23N3O3. The van der Waals surface area contributed by atoms with E-state index in [9.17, 15) is 9.59 Å². The molecular weight excluding hydrogens is 354 g/mol. The first-order valence-corrected chi connectivity index (χ1v) is 9.65. The van der Waals surface area contributed by atoms with Crippen molar-refractivity contribution in [2.75, 3.05) is 6.61 Å². The molecule has 1 unspecified atom stereocenters. The summed E-state index contributed by atoms with van der Waals surface area (Å²) >= 11 is 0. The third-order valence-corrected chi connectivity index (χ3v) is 5.37. The van der Waals surface area contributed by atoms with E-state index in [4.69, 9.17) is 4.74 Å². The second-order valence-corrected chi connectivity index (χ2v) is 7.48. The molecule has 0 saturated carbocycles. The minimum atomic E-state index is -0.451. The van der Waals surface area contributed by atoms with Crippen molar-refractivity contribution in [2.45, 2.75) is 45.4 Å². The quantitative estimate of drug-likeness (QED) is 0.644. The molecule has 0 fully saturated rings. The zero-order valence-corrected chi connectivity index (χ0v) is 16.3. The lowest BCUT2D eigenvalue weighted by atomic mass is 9.81. The summed E-state index contributed by atoms with van der Waals surface area (Å²) in [6.07, 6.45) is 4.15. The summed E-state index contributed by atoms with van der Waals surface area (Å²) in [5.74, 6) is 0.163. The molecule has 2 heterocycles. The summed E-state index contributed by atoms with van der Waals surface area (Å²) in [6.45, 7) is 6.37. The zero-order chi connectivity index (χ0) is 19.8. The number of rotatable bonds is 4. The van der Waals surface area contributed by atoms with Gasteiger partial charge in [-0.15, -0.1) is 0 Å². The van der Waals surface area contributed by atoms with Crippen molar-refractivity contribution >= 4 is 17.4 Å². The van der Waals surface area contributed by atoms with Crippen LogP contribution in [0.4, 0.5) is 0 Å². The van der Waals surface area contributed by atoms with Gasteiger partial charge in [-0.2, -0.15) is 5.10 Å². The molecule has 3 aromatic rings. The SMILES string of the molecule is CCOC(=O)c1cnn2c3c(cnc12)C(=O)CC(c1ccc(C(C)C)cc1)C3. The average Bonchev–Trinajstić information content (AvgIpc) is 3.13. The van der Waals surface area contributed by atoms with Gasteiger partial charge in [0.15, 0.2) is 11.4 Å². The van der Waals surface area contributed by atoms with Gasteiger partial charge in [0.25, 0.3) is 0 Å². The number of hydrogen-bond acceptors (Lipinski definition) is 5. The Morgan fingerprint density at radius 2 is 1.96 bits per heavy atom. The molecule has 1 aliphatic rings. The first-order chi connectivity index (χ1) is 13.5. The fourth-order valence-corrected chi connectivity index (χ4v) is 3.79. The number of Topliss-reactive ketones (excluding diaryl/α,β-unsaturated/α-hetero) is 1. The third kappa shape index (κ3) is 3.09. The van der Waals surface area contributed by atoms with Crippen molar-refractivity contribution in [3.63, 3.8) is 0 Å². The number of fused-ring (bicyclic) bond motifs is 3. The van der Waals surface area contributed by atoms with Gasteiger partial charge in [-0.1, -0.05) is 38.1 Å². The first kappa shape index (κ1) is 18.3. The van der Waals surface area contributed by atoms with Gasteiger partial charge in [-0.05, 0) is 36.3 Å². The molecule has 1 aromatic carbocycles. The summed E-state index contributed by atoms with van der Waals surface area (Å²) in [7, 11) is 0. The number of carbonyl (C=O) groups excluding carboxylic acids is 2. The van der Waals surface area contributed by atoms with Crippen molar-refractivity contribution in [3.8, 4) is 0 Å². The molecule has 28 heavy (non-hydrogen) atoms. The van der Waals surface area contributed by atoms with Gasteiger partial charge in [0.2, 0.25) is 0 Å². The number of benzene rings is 1. The van der Waals surface area contributed by atoms with Crippen molar-refractivity contribution in [1.29, 1.82) is 0 Å². The van der Waals surface area contributed by atoms with E-state index in [1.54, 1.807) is 17.6 Å². The van der Waals surface area contributed by atoms with E-state index in [1.165, 1.54) is 11.8 Å². The fourth-order valence-electron chi connectivity index (χ4n) is 3.79. The second kappa shape index (κ2) is 7.19. The highest BCUT2D eigenvalue weighted by molar-refractivity contribution is 6.00.